The predicted molar refractivity (Wildman–Crippen MR) is 103 cm³/mol. The van der Waals surface area contributed by atoms with Crippen LogP contribution in [0.1, 0.15) is 11.1 Å². The van der Waals surface area contributed by atoms with Crippen molar-refractivity contribution in [2.24, 2.45) is 0 Å². The molecule has 0 aliphatic carbocycles. The van der Waals surface area contributed by atoms with Crippen LogP contribution in [0.2, 0.25) is 0 Å². The van der Waals surface area contributed by atoms with Crippen LogP contribution >= 0.6 is 0 Å². The summed E-state index contributed by atoms with van der Waals surface area (Å²) in [6.45, 7) is 1.95. The number of aryl methyl sites for hydroxylation is 1. The Morgan fingerprint density at radius 3 is 2.23 bits per heavy atom. The SMILES string of the molecule is COc1cc(Oc2ccccc2)c(C)cc1CC(=O)Nc1ccccc1. The Morgan fingerprint density at radius 1 is 0.923 bits per heavy atom. The first-order chi connectivity index (χ1) is 12.7. The zero-order valence-corrected chi connectivity index (χ0v) is 14.9. The van der Waals surface area contributed by atoms with Gasteiger partial charge in [-0.15, -0.1) is 0 Å². The van der Waals surface area contributed by atoms with E-state index in [1.54, 1.807) is 7.11 Å². The molecule has 0 bridgehead atoms. The van der Waals surface area contributed by atoms with Gasteiger partial charge in [-0.2, -0.15) is 0 Å². The molecule has 1 amide bonds. The van der Waals surface area contributed by atoms with Crippen molar-refractivity contribution < 1.29 is 14.3 Å². The fraction of sp³-hybridized carbons (Fsp3) is 0.136. The van der Waals surface area contributed by atoms with E-state index in [-0.39, 0.29) is 12.3 Å². The van der Waals surface area contributed by atoms with Crippen LogP contribution in [0.3, 0.4) is 0 Å². The number of benzene rings is 3. The molecule has 26 heavy (non-hydrogen) atoms. The molecular weight excluding hydrogens is 326 g/mol. The Bertz CT molecular complexity index is 877. The monoisotopic (exact) mass is 347 g/mol. The van der Waals surface area contributed by atoms with Crippen molar-refractivity contribution in [2.45, 2.75) is 13.3 Å². The number of methoxy groups -OCH3 is 1. The van der Waals surface area contributed by atoms with E-state index in [1.807, 2.05) is 79.7 Å². The number of hydrogen-bond donors (Lipinski definition) is 1. The molecule has 132 valence electrons. The average molecular weight is 347 g/mol. The van der Waals surface area contributed by atoms with Gasteiger partial charge in [-0.25, -0.2) is 0 Å². The van der Waals surface area contributed by atoms with Crippen LogP contribution in [0.15, 0.2) is 72.8 Å². The smallest absolute Gasteiger partial charge is 0.228 e. The number of anilines is 1. The maximum absolute atomic E-state index is 12.3. The largest absolute Gasteiger partial charge is 0.496 e. The predicted octanol–water partition coefficient (Wildman–Crippen LogP) is 4.98. The highest BCUT2D eigenvalue weighted by atomic mass is 16.5. The van der Waals surface area contributed by atoms with Gasteiger partial charge < -0.3 is 14.8 Å². The highest BCUT2D eigenvalue weighted by molar-refractivity contribution is 5.92. The van der Waals surface area contributed by atoms with Crippen LogP contribution in [0.25, 0.3) is 0 Å². The molecule has 1 N–H and O–H groups in total. The van der Waals surface area contributed by atoms with Crippen molar-refractivity contribution in [2.75, 3.05) is 12.4 Å². The normalized spacial score (nSPS) is 10.2. The minimum atomic E-state index is -0.0920. The quantitative estimate of drug-likeness (QED) is 0.684. The fourth-order valence-electron chi connectivity index (χ4n) is 2.68. The molecule has 0 heterocycles. The van der Waals surface area contributed by atoms with Crippen LogP contribution in [0.5, 0.6) is 17.2 Å². The maximum Gasteiger partial charge on any atom is 0.228 e. The Morgan fingerprint density at radius 2 is 1.58 bits per heavy atom. The molecule has 3 aromatic carbocycles. The van der Waals surface area contributed by atoms with Gasteiger partial charge in [0.05, 0.1) is 13.5 Å². The second-order valence-electron chi connectivity index (χ2n) is 5.94. The van der Waals surface area contributed by atoms with Crippen molar-refractivity contribution in [1.29, 1.82) is 0 Å². The Labute approximate surface area is 153 Å². The summed E-state index contributed by atoms with van der Waals surface area (Å²) in [5, 5.41) is 2.89. The molecule has 0 saturated heterocycles. The molecule has 0 aliphatic rings. The molecule has 3 aromatic rings. The third-order valence-corrected chi connectivity index (χ3v) is 3.96. The van der Waals surface area contributed by atoms with Crippen LogP contribution < -0.4 is 14.8 Å². The number of hydrogen-bond acceptors (Lipinski definition) is 3. The molecule has 3 rings (SSSR count). The lowest BCUT2D eigenvalue weighted by Crippen LogP contribution is -2.15. The first kappa shape index (κ1) is 17.5. The van der Waals surface area contributed by atoms with E-state index in [0.717, 1.165) is 22.6 Å². The number of para-hydroxylation sites is 2. The van der Waals surface area contributed by atoms with Gasteiger partial charge in [0.2, 0.25) is 5.91 Å². The van der Waals surface area contributed by atoms with E-state index >= 15 is 0 Å². The maximum atomic E-state index is 12.3. The first-order valence-corrected chi connectivity index (χ1v) is 8.41. The molecule has 0 unspecified atom stereocenters. The summed E-state index contributed by atoms with van der Waals surface area (Å²) in [5.74, 6) is 2.00. The van der Waals surface area contributed by atoms with Crippen molar-refractivity contribution >= 4 is 11.6 Å². The molecule has 0 atom stereocenters. The van der Waals surface area contributed by atoms with Gasteiger partial charge in [-0.1, -0.05) is 36.4 Å². The number of rotatable bonds is 6. The van der Waals surface area contributed by atoms with Crippen LogP contribution in [0, 0.1) is 6.92 Å². The van der Waals surface area contributed by atoms with Gasteiger partial charge in [0, 0.05) is 17.3 Å². The number of amides is 1. The second-order valence-corrected chi connectivity index (χ2v) is 5.94. The lowest BCUT2D eigenvalue weighted by Gasteiger charge is -2.14. The van der Waals surface area contributed by atoms with Crippen molar-refractivity contribution in [3.05, 3.63) is 83.9 Å². The summed E-state index contributed by atoms with van der Waals surface area (Å²) >= 11 is 0. The van der Waals surface area contributed by atoms with Gasteiger partial charge >= 0.3 is 0 Å². The molecule has 0 aromatic heterocycles. The van der Waals surface area contributed by atoms with Gasteiger partial charge in [0.1, 0.15) is 17.2 Å². The topological polar surface area (TPSA) is 47.6 Å². The van der Waals surface area contributed by atoms with Gasteiger partial charge in [0.25, 0.3) is 0 Å². The Kier molecular flexibility index (Phi) is 5.54. The Hall–Kier alpha value is -3.27. The summed E-state index contributed by atoms with van der Waals surface area (Å²) in [6, 6.07) is 22.7. The molecule has 0 fully saturated rings. The lowest BCUT2D eigenvalue weighted by atomic mass is 10.1. The number of carbonyl (C=O) groups excluding carboxylic acids is 1. The van der Waals surface area contributed by atoms with Crippen molar-refractivity contribution in [3.63, 3.8) is 0 Å². The van der Waals surface area contributed by atoms with Crippen LogP contribution in [-0.4, -0.2) is 13.0 Å². The summed E-state index contributed by atoms with van der Waals surface area (Å²) < 4.78 is 11.4. The van der Waals surface area contributed by atoms with E-state index in [0.29, 0.717) is 11.5 Å². The third kappa shape index (κ3) is 4.42. The van der Waals surface area contributed by atoms with E-state index < -0.39 is 0 Å². The summed E-state index contributed by atoms with van der Waals surface area (Å²) in [7, 11) is 1.59. The summed E-state index contributed by atoms with van der Waals surface area (Å²) in [4.78, 5) is 12.3. The fourth-order valence-corrected chi connectivity index (χ4v) is 2.68. The molecule has 0 radical (unpaired) electrons. The summed E-state index contributed by atoms with van der Waals surface area (Å²) in [5.41, 5.74) is 2.54. The second kappa shape index (κ2) is 8.21. The molecule has 4 nitrogen and oxygen atoms in total. The van der Waals surface area contributed by atoms with Crippen LogP contribution in [-0.2, 0) is 11.2 Å². The summed E-state index contributed by atoms with van der Waals surface area (Å²) in [6.07, 6.45) is 0.227. The van der Waals surface area contributed by atoms with Gasteiger partial charge in [-0.05, 0) is 42.8 Å². The van der Waals surface area contributed by atoms with E-state index in [2.05, 4.69) is 5.32 Å². The number of carbonyl (C=O) groups is 1. The highest BCUT2D eigenvalue weighted by Gasteiger charge is 2.13. The van der Waals surface area contributed by atoms with Crippen LogP contribution in [0.4, 0.5) is 5.69 Å². The van der Waals surface area contributed by atoms with E-state index in [1.165, 1.54) is 0 Å². The molecule has 4 heteroatoms. The minimum Gasteiger partial charge on any atom is -0.496 e. The lowest BCUT2D eigenvalue weighted by molar-refractivity contribution is -0.115. The first-order valence-electron chi connectivity index (χ1n) is 8.41. The van der Waals surface area contributed by atoms with E-state index in [9.17, 15) is 4.79 Å². The third-order valence-electron chi connectivity index (χ3n) is 3.96. The Balaban J connectivity index is 1.77. The standard InChI is InChI=1S/C22H21NO3/c1-16-13-17(14-22(24)23-18-9-5-3-6-10-18)21(25-2)15-20(16)26-19-11-7-4-8-12-19/h3-13,15H,14H2,1-2H3,(H,23,24). The number of nitrogens with one attached hydrogen (secondary N) is 1. The highest BCUT2D eigenvalue weighted by Crippen LogP contribution is 2.32. The van der Waals surface area contributed by atoms with Crippen molar-refractivity contribution in [1.82, 2.24) is 0 Å². The average Bonchev–Trinajstić information content (AvgIpc) is 2.65. The molecule has 0 aliphatic heterocycles. The number of ether oxygens (including phenoxy) is 2. The molecule has 0 saturated carbocycles. The van der Waals surface area contributed by atoms with Crippen molar-refractivity contribution in [3.8, 4) is 17.2 Å². The van der Waals surface area contributed by atoms with Gasteiger partial charge in [-0.3, -0.25) is 4.79 Å². The zero-order chi connectivity index (χ0) is 18.4. The zero-order valence-electron chi connectivity index (χ0n) is 14.9. The minimum absolute atomic E-state index is 0.0920. The van der Waals surface area contributed by atoms with E-state index in [4.69, 9.17) is 9.47 Å². The molecule has 0 spiro atoms. The molecular formula is C22H21NO3. The van der Waals surface area contributed by atoms with Gasteiger partial charge in [0.15, 0.2) is 0 Å².